The smallest absolute Gasteiger partial charge is 0.240 e. The van der Waals surface area contributed by atoms with E-state index in [2.05, 4.69) is 11.4 Å². The second-order valence-corrected chi connectivity index (χ2v) is 5.21. The van der Waals surface area contributed by atoms with Crippen molar-refractivity contribution in [2.24, 2.45) is 5.41 Å². The monoisotopic (exact) mass is 252 g/mol. The number of aliphatic hydroxyl groups is 1. The van der Waals surface area contributed by atoms with Crippen LogP contribution in [0, 0.1) is 16.7 Å². The van der Waals surface area contributed by atoms with Crippen LogP contribution in [0.2, 0.25) is 0 Å². The van der Waals surface area contributed by atoms with Crippen LogP contribution in [0.15, 0.2) is 0 Å². The van der Waals surface area contributed by atoms with Crippen molar-refractivity contribution in [3.63, 3.8) is 0 Å². The van der Waals surface area contributed by atoms with E-state index in [1.807, 2.05) is 6.92 Å². The van der Waals surface area contributed by atoms with Crippen molar-refractivity contribution in [3.8, 4) is 6.07 Å². The summed E-state index contributed by atoms with van der Waals surface area (Å²) < 4.78 is 0. The van der Waals surface area contributed by atoms with Crippen molar-refractivity contribution in [2.75, 3.05) is 6.54 Å². The molecule has 1 fully saturated rings. The van der Waals surface area contributed by atoms with E-state index < -0.39 is 5.41 Å². The summed E-state index contributed by atoms with van der Waals surface area (Å²) in [5.74, 6) is -0.143. The first-order valence-electron chi connectivity index (χ1n) is 7.02. The zero-order chi connectivity index (χ0) is 13.4. The van der Waals surface area contributed by atoms with Crippen LogP contribution in [0.1, 0.15) is 58.3 Å². The molecule has 0 aliphatic heterocycles. The molecule has 1 saturated carbocycles. The lowest BCUT2D eigenvalue weighted by molar-refractivity contribution is -0.128. The number of nitrogens with one attached hydrogen (secondary N) is 1. The second kappa shape index (κ2) is 7.38. The van der Waals surface area contributed by atoms with Crippen LogP contribution in [0.4, 0.5) is 0 Å². The fraction of sp³-hybridized carbons (Fsp3) is 0.857. The van der Waals surface area contributed by atoms with Gasteiger partial charge in [-0.25, -0.2) is 0 Å². The highest BCUT2D eigenvalue weighted by atomic mass is 16.3. The molecule has 18 heavy (non-hydrogen) atoms. The van der Waals surface area contributed by atoms with Gasteiger partial charge in [-0.15, -0.1) is 0 Å². The number of carbonyl (C=O) groups is 1. The molecule has 4 heteroatoms. The number of carbonyl (C=O) groups excluding carboxylic acids is 1. The van der Waals surface area contributed by atoms with Gasteiger partial charge in [0.2, 0.25) is 5.91 Å². The molecule has 0 bridgehead atoms. The van der Waals surface area contributed by atoms with E-state index in [1.54, 1.807) is 0 Å². The number of nitrogens with zero attached hydrogens (tertiary/aromatic N) is 1. The van der Waals surface area contributed by atoms with Gasteiger partial charge in [0.15, 0.2) is 0 Å². The van der Waals surface area contributed by atoms with Gasteiger partial charge in [-0.05, 0) is 25.7 Å². The Morgan fingerprint density at radius 2 is 2.00 bits per heavy atom. The number of amides is 1. The highest BCUT2D eigenvalue weighted by Gasteiger charge is 2.38. The molecular weight excluding hydrogens is 228 g/mol. The number of aliphatic hydroxyl groups excluding tert-OH is 1. The van der Waals surface area contributed by atoms with Crippen molar-refractivity contribution in [3.05, 3.63) is 0 Å². The fourth-order valence-electron chi connectivity index (χ4n) is 2.45. The summed E-state index contributed by atoms with van der Waals surface area (Å²) in [6.07, 6.45) is 6.38. The molecular formula is C14H24N2O2. The molecule has 0 heterocycles. The maximum atomic E-state index is 12.2. The molecule has 1 aliphatic carbocycles. The first kappa shape index (κ1) is 15.0. The van der Waals surface area contributed by atoms with E-state index in [0.29, 0.717) is 32.2 Å². The van der Waals surface area contributed by atoms with Gasteiger partial charge in [-0.2, -0.15) is 5.26 Å². The minimum Gasteiger partial charge on any atom is -0.393 e. The molecule has 0 aromatic carbocycles. The maximum absolute atomic E-state index is 12.2. The summed E-state index contributed by atoms with van der Waals surface area (Å²) >= 11 is 0. The molecule has 2 N–H and O–H groups in total. The molecule has 1 unspecified atom stereocenters. The van der Waals surface area contributed by atoms with Gasteiger partial charge in [0.05, 0.1) is 12.2 Å². The van der Waals surface area contributed by atoms with Crippen LogP contribution in [-0.4, -0.2) is 23.7 Å². The Labute approximate surface area is 109 Å². The Hall–Kier alpha value is -1.08. The normalized spacial score (nSPS) is 20.5. The van der Waals surface area contributed by atoms with E-state index >= 15 is 0 Å². The van der Waals surface area contributed by atoms with Gasteiger partial charge < -0.3 is 10.4 Å². The number of hydrogen-bond donors (Lipinski definition) is 2. The molecule has 0 saturated heterocycles. The topological polar surface area (TPSA) is 73.1 Å². The predicted molar refractivity (Wildman–Crippen MR) is 69.7 cm³/mol. The third-order valence-electron chi connectivity index (χ3n) is 3.84. The Morgan fingerprint density at radius 3 is 2.50 bits per heavy atom. The Bertz CT molecular complexity index is 301. The Kier molecular flexibility index (Phi) is 6.14. The van der Waals surface area contributed by atoms with E-state index in [0.717, 1.165) is 25.7 Å². The Balaban J connectivity index is 2.48. The van der Waals surface area contributed by atoms with Crippen LogP contribution >= 0.6 is 0 Å². The lowest BCUT2D eigenvalue weighted by Gasteiger charge is -2.23. The maximum Gasteiger partial charge on any atom is 0.240 e. The second-order valence-electron chi connectivity index (χ2n) is 5.21. The van der Waals surface area contributed by atoms with Crippen molar-refractivity contribution >= 4 is 5.91 Å². The fourth-order valence-corrected chi connectivity index (χ4v) is 2.45. The number of rotatable bonds is 5. The molecule has 1 rings (SSSR count). The van der Waals surface area contributed by atoms with E-state index in [1.165, 1.54) is 0 Å². The molecule has 4 nitrogen and oxygen atoms in total. The zero-order valence-electron chi connectivity index (χ0n) is 11.2. The summed E-state index contributed by atoms with van der Waals surface area (Å²) in [5, 5.41) is 21.6. The van der Waals surface area contributed by atoms with Crippen molar-refractivity contribution in [2.45, 2.75) is 64.4 Å². The van der Waals surface area contributed by atoms with Crippen LogP contribution in [0.3, 0.4) is 0 Å². The van der Waals surface area contributed by atoms with Crippen LogP contribution < -0.4 is 5.32 Å². The molecule has 1 atom stereocenters. The quantitative estimate of drug-likeness (QED) is 0.736. The average molecular weight is 252 g/mol. The van der Waals surface area contributed by atoms with Gasteiger partial charge in [0.1, 0.15) is 5.41 Å². The lowest BCUT2D eigenvalue weighted by atomic mass is 9.81. The zero-order valence-corrected chi connectivity index (χ0v) is 11.2. The van der Waals surface area contributed by atoms with Crippen LogP contribution in [0.5, 0.6) is 0 Å². The van der Waals surface area contributed by atoms with Gasteiger partial charge in [0, 0.05) is 6.54 Å². The Morgan fingerprint density at radius 1 is 1.39 bits per heavy atom. The van der Waals surface area contributed by atoms with E-state index in [-0.39, 0.29) is 12.0 Å². The average Bonchev–Trinajstić information content (AvgIpc) is 2.64. The summed E-state index contributed by atoms with van der Waals surface area (Å²) in [5.41, 5.74) is -0.826. The molecule has 0 radical (unpaired) electrons. The third kappa shape index (κ3) is 3.99. The summed E-state index contributed by atoms with van der Waals surface area (Å²) in [6.45, 7) is 2.37. The summed E-state index contributed by atoms with van der Waals surface area (Å²) in [7, 11) is 0. The van der Waals surface area contributed by atoms with Crippen molar-refractivity contribution < 1.29 is 9.90 Å². The molecule has 102 valence electrons. The van der Waals surface area contributed by atoms with E-state index in [9.17, 15) is 15.2 Å². The lowest BCUT2D eigenvalue weighted by Crippen LogP contribution is -2.40. The predicted octanol–water partition coefficient (Wildman–Crippen LogP) is 2.13. The first-order chi connectivity index (χ1) is 8.64. The van der Waals surface area contributed by atoms with Gasteiger partial charge in [-0.3, -0.25) is 4.79 Å². The van der Waals surface area contributed by atoms with Gasteiger partial charge in [0.25, 0.3) is 0 Å². The van der Waals surface area contributed by atoms with Crippen molar-refractivity contribution in [1.29, 1.82) is 5.26 Å². The SMILES string of the molecule is CCC(O)CCNC(=O)C1(C#N)CCCCCC1. The molecule has 1 amide bonds. The first-order valence-corrected chi connectivity index (χ1v) is 7.02. The van der Waals surface area contributed by atoms with Crippen LogP contribution in [-0.2, 0) is 4.79 Å². The highest BCUT2D eigenvalue weighted by molar-refractivity contribution is 5.85. The molecule has 0 aromatic heterocycles. The summed E-state index contributed by atoms with van der Waals surface area (Å²) in [6, 6.07) is 2.23. The van der Waals surface area contributed by atoms with Crippen molar-refractivity contribution in [1.82, 2.24) is 5.32 Å². The number of hydrogen-bond acceptors (Lipinski definition) is 3. The van der Waals surface area contributed by atoms with Gasteiger partial charge in [-0.1, -0.05) is 32.6 Å². The molecule has 0 spiro atoms. The van der Waals surface area contributed by atoms with Crippen LogP contribution in [0.25, 0.3) is 0 Å². The minimum absolute atomic E-state index is 0.143. The largest absolute Gasteiger partial charge is 0.393 e. The highest BCUT2D eigenvalue weighted by Crippen LogP contribution is 2.34. The summed E-state index contributed by atoms with van der Waals surface area (Å²) in [4.78, 5) is 12.2. The standard InChI is InChI=1S/C14H24N2O2/c1-2-12(17)7-10-16-13(18)14(11-15)8-5-3-4-6-9-14/h12,17H,2-10H2,1H3,(H,16,18). The van der Waals surface area contributed by atoms with Gasteiger partial charge >= 0.3 is 0 Å². The van der Waals surface area contributed by atoms with E-state index in [4.69, 9.17) is 0 Å². The molecule has 1 aliphatic rings. The minimum atomic E-state index is -0.826. The molecule has 0 aromatic rings. The third-order valence-corrected chi connectivity index (χ3v) is 3.84. The number of nitriles is 1.